The van der Waals surface area contributed by atoms with Gasteiger partial charge in [0.15, 0.2) is 0 Å². The molecule has 1 aromatic rings. The molecule has 4 heteroatoms. The van der Waals surface area contributed by atoms with Crippen LogP contribution in [0.2, 0.25) is 0 Å². The van der Waals surface area contributed by atoms with Crippen molar-refractivity contribution < 1.29 is 17.6 Å². The van der Waals surface area contributed by atoms with Crippen LogP contribution >= 0.6 is 0 Å². The van der Waals surface area contributed by atoms with Crippen LogP contribution in [0.25, 0.3) is 0 Å². The highest BCUT2D eigenvalue weighted by Gasteiger charge is 2.21. The standard InChI is InChI=1S/C17H20F4/c18-11-15-9-8-14(10-16(15)19)13-6-4-12(5-7-13)2-1-3-17(20)21/h1-2,8-10,12-13,17H,3-7,11H2/t12-,13-. The minimum absolute atomic E-state index is 0.0994. The van der Waals surface area contributed by atoms with E-state index in [4.69, 9.17) is 0 Å². The first-order valence-electron chi connectivity index (χ1n) is 7.39. The number of hydrogen-bond donors (Lipinski definition) is 0. The molecule has 21 heavy (non-hydrogen) atoms. The average Bonchev–Trinajstić information content (AvgIpc) is 2.47. The highest BCUT2D eigenvalue weighted by Crippen LogP contribution is 2.36. The summed E-state index contributed by atoms with van der Waals surface area (Å²) in [5, 5.41) is 0. The summed E-state index contributed by atoms with van der Waals surface area (Å²) in [7, 11) is 0. The van der Waals surface area contributed by atoms with Crippen molar-refractivity contribution in [3.63, 3.8) is 0 Å². The number of rotatable bonds is 5. The molecule has 0 spiro atoms. The molecular formula is C17H20F4. The topological polar surface area (TPSA) is 0 Å². The zero-order valence-corrected chi connectivity index (χ0v) is 11.9. The molecule has 0 N–H and O–H groups in total. The molecular weight excluding hydrogens is 280 g/mol. The van der Waals surface area contributed by atoms with Crippen LogP contribution < -0.4 is 0 Å². The van der Waals surface area contributed by atoms with E-state index in [-0.39, 0.29) is 17.9 Å². The fourth-order valence-electron chi connectivity index (χ4n) is 2.94. The molecule has 1 aliphatic rings. The van der Waals surface area contributed by atoms with Crippen molar-refractivity contribution in [2.75, 3.05) is 0 Å². The Hall–Kier alpha value is -1.32. The lowest BCUT2D eigenvalue weighted by Crippen LogP contribution is -2.12. The van der Waals surface area contributed by atoms with E-state index < -0.39 is 18.9 Å². The monoisotopic (exact) mass is 300 g/mol. The largest absolute Gasteiger partial charge is 0.246 e. The van der Waals surface area contributed by atoms with Gasteiger partial charge in [-0.2, -0.15) is 0 Å². The molecule has 0 amide bonds. The Kier molecular flexibility index (Phi) is 5.83. The Morgan fingerprint density at radius 2 is 1.86 bits per heavy atom. The van der Waals surface area contributed by atoms with Crippen molar-refractivity contribution >= 4 is 0 Å². The molecule has 0 saturated heterocycles. The molecule has 2 rings (SSSR count). The van der Waals surface area contributed by atoms with Gasteiger partial charge in [0.1, 0.15) is 12.5 Å². The van der Waals surface area contributed by atoms with Gasteiger partial charge in [-0.25, -0.2) is 17.6 Å². The molecule has 0 unspecified atom stereocenters. The van der Waals surface area contributed by atoms with Crippen molar-refractivity contribution in [3.05, 3.63) is 47.3 Å². The second-order valence-electron chi connectivity index (χ2n) is 5.65. The molecule has 0 atom stereocenters. The Morgan fingerprint density at radius 1 is 1.14 bits per heavy atom. The third-order valence-corrected chi connectivity index (χ3v) is 4.19. The van der Waals surface area contributed by atoms with Crippen LogP contribution in [0.4, 0.5) is 17.6 Å². The zero-order valence-electron chi connectivity index (χ0n) is 11.9. The van der Waals surface area contributed by atoms with Gasteiger partial charge >= 0.3 is 0 Å². The van der Waals surface area contributed by atoms with E-state index >= 15 is 0 Å². The maximum Gasteiger partial charge on any atom is 0.242 e. The number of alkyl halides is 3. The van der Waals surface area contributed by atoms with Gasteiger partial charge in [0.05, 0.1) is 0 Å². The minimum Gasteiger partial charge on any atom is -0.246 e. The SMILES string of the molecule is FCc1ccc([C@H]2CC[C@H](C=CCC(F)F)CC2)cc1F. The molecule has 0 nitrogen and oxygen atoms in total. The lowest BCUT2D eigenvalue weighted by molar-refractivity contribution is 0.152. The van der Waals surface area contributed by atoms with E-state index in [9.17, 15) is 17.6 Å². The third-order valence-electron chi connectivity index (χ3n) is 4.19. The van der Waals surface area contributed by atoms with E-state index in [0.29, 0.717) is 5.92 Å². The van der Waals surface area contributed by atoms with E-state index in [1.54, 1.807) is 12.1 Å². The molecule has 0 radical (unpaired) electrons. The molecule has 1 fully saturated rings. The van der Waals surface area contributed by atoms with Crippen LogP contribution in [-0.2, 0) is 6.67 Å². The van der Waals surface area contributed by atoms with Crippen LogP contribution in [0.5, 0.6) is 0 Å². The highest BCUT2D eigenvalue weighted by atomic mass is 19.3. The van der Waals surface area contributed by atoms with Gasteiger partial charge in [0.25, 0.3) is 0 Å². The fraction of sp³-hybridized carbons (Fsp3) is 0.529. The lowest BCUT2D eigenvalue weighted by Gasteiger charge is -2.27. The maximum absolute atomic E-state index is 13.6. The molecule has 1 saturated carbocycles. The first kappa shape index (κ1) is 16.1. The van der Waals surface area contributed by atoms with E-state index in [1.807, 2.05) is 6.08 Å². The van der Waals surface area contributed by atoms with Gasteiger partial charge in [-0.05, 0) is 49.1 Å². The fourth-order valence-corrected chi connectivity index (χ4v) is 2.94. The molecule has 1 aromatic carbocycles. The van der Waals surface area contributed by atoms with Crippen molar-refractivity contribution in [2.45, 2.75) is 51.1 Å². The van der Waals surface area contributed by atoms with Crippen LogP contribution in [0.3, 0.4) is 0 Å². The van der Waals surface area contributed by atoms with Crippen LogP contribution in [0.1, 0.15) is 49.1 Å². The summed E-state index contributed by atoms with van der Waals surface area (Å²) < 4.78 is 50.2. The second kappa shape index (κ2) is 7.62. The summed E-state index contributed by atoms with van der Waals surface area (Å²) >= 11 is 0. The molecule has 0 heterocycles. The first-order valence-corrected chi connectivity index (χ1v) is 7.39. The van der Waals surface area contributed by atoms with Gasteiger partial charge in [-0.15, -0.1) is 0 Å². The lowest BCUT2D eigenvalue weighted by atomic mass is 9.78. The summed E-state index contributed by atoms with van der Waals surface area (Å²) in [6, 6.07) is 4.75. The second-order valence-corrected chi connectivity index (χ2v) is 5.65. The van der Waals surface area contributed by atoms with Crippen LogP contribution in [0.15, 0.2) is 30.4 Å². The van der Waals surface area contributed by atoms with Gasteiger partial charge in [-0.1, -0.05) is 24.3 Å². The van der Waals surface area contributed by atoms with Crippen molar-refractivity contribution in [3.8, 4) is 0 Å². The normalized spacial score (nSPS) is 23.1. The predicted molar refractivity (Wildman–Crippen MR) is 75.7 cm³/mol. The summed E-state index contributed by atoms with van der Waals surface area (Å²) in [5.41, 5.74) is 1.02. The summed E-state index contributed by atoms with van der Waals surface area (Å²) in [6.07, 6.45) is 4.66. The predicted octanol–water partition coefficient (Wildman–Crippen LogP) is 5.78. The van der Waals surface area contributed by atoms with Gasteiger partial charge in [-0.3, -0.25) is 0 Å². The van der Waals surface area contributed by atoms with Crippen molar-refractivity contribution in [1.82, 2.24) is 0 Å². The van der Waals surface area contributed by atoms with Crippen LogP contribution in [-0.4, -0.2) is 6.43 Å². The smallest absolute Gasteiger partial charge is 0.242 e. The van der Waals surface area contributed by atoms with Crippen molar-refractivity contribution in [1.29, 1.82) is 0 Å². The Morgan fingerprint density at radius 3 is 2.43 bits per heavy atom. The number of halogens is 4. The van der Waals surface area contributed by atoms with Crippen molar-refractivity contribution in [2.24, 2.45) is 5.92 Å². The third kappa shape index (κ3) is 4.58. The molecule has 0 aliphatic heterocycles. The van der Waals surface area contributed by atoms with E-state index in [2.05, 4.69) is 0 Å². The average molecular weight is 300 g/mol. The maximum atomic E-state index is 13.6. The number of benzene rings is 1. The summed E-state index contributed by atoms with van der Waals surface area (Å²) in [5.74, 6) is 0.150. The Labute approximate surface area is 122 Å². The minimum atomic E-state index is -2.28. The van der Waals surface area contributed by atoms with Gasteiger partial charge in [0.2, 0.25) is 6.43 Å². The number of allylic oxidation sites excluding steroid dienone is 2. The van der Waals surface area contributed by atoms with E-state index in [0.717, 1.165) is 31.2 Å². The first-order chi connectivity index (χ1) is 10.1. The molecule has 0 bridgehead atoms. The van der Waals surface area contributed by atoms with E-state index in [1.165, 1.54) is 12.1 Å². The number of hydrogen-bond acceptors (Lipinski definition) is 0. The molecule has 1 aliphatic carbocycles. The summed E-state index contributed by atoms with van der Waals surface area (Å²) in [4.78, 5) is 0. The Bertz CT molecular complexity index is 474. The Balaban J connectivity index is 1.89. The molecule has 0 aromatic heterocycles. The zero-order chi connectivity index (χ0) is 15.2. The van der Waals surface area contributed by atoms with Crippen LogP contribution in [0, 0.1) is 11.7 Å². The van der Waals surface area contributed by atoms with Gasteiger partial charge in [0, 0.05) is 12.0 Å². The van der Waals surface area contributed by atoms with Gasteiger partial charge < -0.3 is 0 Å². The summed E-state index contributed by atoms with van der Waals surface area (Å²) in [6.45, 7) is -0.784. The molecule has 116 valence electrons. The quantitative estimate of drug-likeness (QED) is 0.477. The highest BCUT2D eigenvalue weighted by molar-refractivity contribution is 5.27.